The lowest BCUT2D eigenvalue weighted by Gasteiger charge is -2.14. The van der Waals surface area contributed by atoms with Crippen LogP contribution in [-0.4, -0.2) is 29.3 Å². The number of imidazole rings is 1. The van der Waals surface area contributed by atoms with Gasteiger partial charge in [-0.3, -0.25) is 0 Å². The van der Waals surface area contributed by atoms with E-state index in [0.717, 1.165) is 16.9 Å². The zero-order valence-corrected chi connectivity index (χ0v) is 13.8. The van der Waals surface area contributed by atoms with E-state index in [0.29, 0.717) is 12.1 Å². The second-order valence-corrected chi connectivity index (χ2v) is 7.63. The molecule has 1 unspecified atom stereocenters. The Morgan fingerprint density at radius 1 is 1.13 bits per heavy atom. The molecule has 0 saturated carbocycles. The molecule has 1 heterocycles. The highest BCUT2D eigenvalue weighted by atomic mass is 32.2. The molecule has 1 N–H and O–H groups in total. The monoisotopic (exact) mass is 330 g/mol. The molecule has 6 heteroatoms. The number of benzene rings is 2. The summed E-state index contributed by atoms with van der Waals surface area (Å²) in [6.07, 6.45) is 0.430. The zero-order chi connectivity index (χ0) is 16.6. The van der Waals surface area contributed by atoms with Crippen LogP contribution in [0.5, 0.6) is 0 Å². The summed E-state index contributed by atoms with van der Waals surface area (Å²) in [6, 6.07) is 14.1. The summed E-state index contributed by atoms with van der Waals surface area (Å²) in [4.78, 5) is 4.73. The second kappa shape index (κ2) is 5.79. The lowest BCUT2D eigenvalue weighted by atomic mass is 10.1. The Kier molecular flexibility index (Phi) is 3.95. The Balaban J connectivity index is 1.89. The van der Waals surface area contributed by atoms with Gasteiger partial charge >= 0.3 is 0 Å². The quantitative estimate of drug-likeness (QED) is 0.798. The third-order valence-electron chi connectivity index (χ3n) is 3.89. The highest BCUT2D eigenvalue weighted by Crippen LogP contribution is 2.22. The van der Waals surface area contributed by atoms with E-state index in [1.54, 1.807) is 12.1 Å². The van der Waals surface area contributed by atoms with Crippen LogP contribution in [0.1, 0.15) is 17.5 Å². The van der Waals surface area contributed by atoms with Crippen LogP contribution < -0.4 is 0 Å². The van der Waals surface area contributed by atoms with E-state index >= 15 is 0 Å². The number of fused-ring (bicyclic) bond motifs is 1. The average molecular weight is 330 g/mol. The third-order valence-corrected chi connectivity index (χ3v) is 5.02. The molecule has 0 aliphatic heterocycles. The van der Waals surface area contributed by atoms with Gasteiger partial charge in [0, 0.05) is 6.26 Å². The largest absolute Gasteiger partial charge is 0.387 e. The van der Waals surface area contributed by atoms with Crippen molar-refractivity contribution >= 4 is 20.9 Å². The van der Waals surface area contributed by atoms with Crippen LogP contribution in [0.2, 0.25) is 0 Å². The molecule has 120 valence electrons. The Morgan fingerprint density at radius 3 is 2.43 bits per heavy atom. The Labute approximate surface area is 135 Å². The van der Waals surface area contributed by atoms with Gasteiger partial charge in [0.25, 0.3) is 0 Å². The minimum absolute atomic E-state index is 0.248. The molecule has 0 amide bonds. The molecule has 0 spiro atoms. The second-order valence-electron chi connectivity index (χ2n) is 5.62. The summed E-state index contributed by atoms with van der Waals surface area (Å²) < 4.78 is 24.9. The van der Waals surface area contributed by atoms with Crippen molar-refractivity contribution in [3.8, 4) is 0 Å². The van der Waals surface area contributed by atoms with Crippen LogP contribution in [0.3, 0.4) is 0 Å². The number of aliphatic hydroxyl groups excluding tert-OH is 1. The molecule has 0 aliphatic carbocycles. The summed E-state index contributed by atoms with van der Waals surface area (Å²) in [6.45, 7) is 2.27. The first-order valence-corrected chi connectivity index (χ1v) is 9.15. The summed E-state index contributed by atoms with van der Waals surface area (Å²) in [7, 11) is -3.23. The maximum Gasteiger partial charge on any atom is 0.175 e. The van der Waals surface area contributed by atoms with Crippen LogP contribution in [0.4, 0.5) is 0 Å². The Morgan fingerprint density at radius 2 is 1.78 bits per heavy atom. The summed E-state index contributed by atoms with van der Waals surface area (Å²) >= 11 is 0. The fraction of sp³-hybridized carbons (Fsp3) is 0.235. The number of para-hydroxylation sites is 2. The van der Waals surface area contributed by atoms with Gasteiger partial charge in [0.15, 0.2) is 9.84 Å². The van der Waals surface area contributed by atoms with Gasteiger partial charge in [-0.2, -0.15) is 0 Å². The van der Waals surface area contributed by atoms with Gasteiger partial charge in [0.2, 0.25) is 0 Å². The number of sulfone groups is 1. The van der Waals surface area contributed by atoms with Crippen molar-refractivity contribution in [2.45, 2.75) is 24.5 Å². The van der Waals surface area contributed by atoms with Gasteiger partial charge in [0.05, 0.1) is 28.6 Å². The van der Waals surface area contributed by atoms with Crippen LogP contribution in [0.15, 0.2) is 53.4 Å². The molecule has 1 atom stereocenters. The lowest BCUT2D eigenvalue weighted by Crippen LogP contribution is -2.10. The lowest BCUT2D eigenvalue weighted by molar-refractivity contribution is 0.157. The van der Waals surface area contributed by atoms with Crippen molar-refractivity contribution in [3.05, 3.63) is 59.9 Å². The van der Waals surface area contributed by atoms with E-state index in [4.69, 9.17) is 0 Å². The van der Waals surface area contributed by atoms with Gasteiger partial charge < -0.3 is 9.67 Å². The number of rotatable bonds is 4. The molecule has 0 radical (unpaired) electrons. The molecule has 2 aromatic carbocycles. The smallest absolute Gasteiger partial charge is 0.175 e. The maximum atomic E-state index is 11.5. The van der Waals surface area contributed by atoms with E-state index in [-0.39, 0.29) is 4.90 Å². The van der Waals surface area contributed by atoms with Crippen molar-refractivity contribution in [2.75, 3.05) is 6.26 Å². The van der Waals surface area contributed by atoms with Crippen molar-refractivity contribution in [1.29, 1.82) is 0 Å². The standard InChI is InChI=1S/C17H18N2O3S/c1-12-18-15-5-3-4-6-16(15)19(12)11-17(20)13-7-9-14(10-8-13)23(2,21)22/h3-10,17,20H,11H2,1-2H3. The van der Waals surface area contributed by atoms with Gasteiger partial charge in [-0.25, -0.2) is 13.4 Å². The minimum Gasteiger partial charge on any atom is -0.387 e. The number of nitrogens with zero attached hydrogens (tertiary/aromatic N) is 2. The van der Waals surface area contributed by atoms with Crippen molar-refractivity contribution < 1.29 is 13.5 Å². The van der Waals surface area contributed by atoms with Gasteiger partial charge in [-0.1, -0.05) is 24.3 Å². The summed E-state index contributed by atoms with van der Waals surface area (Å²) in [5, 5.41) is 10.5. The van der Waals surface area contributed by atoms with E-state index < -0.39 is 15.9 Å². The molecule has 5 nitrogen and oxygen atoms in total. The van der Waals surface area contributed by atoms with Gasteiger partial charge in [0.1, 0.15) is 5.82 Å². The molecule has 1 aromatic heterocycles. The topological polar surface area (TPSA) is 72.2 Å². The molecule has 0 bridgehead atoms. The normalized spacial score (nSPS) is 13.3. The fourth-order valence-corrected chi connectivity index (χ4v) is 3.27. The van der Waals surface area contributed by atoms with Crippen molar-refractivity contribution in [3.63, 3.8) is 0 Å². The van der Waals surface area contributed by atoms with Crippen LogP contribution >= 0.6 is 0 Å². The molecule has 23 heavy (non-hydrogen) atoms. The maximum absolute atomic E-state index is 11.5. The minimum atomic E-state index is -3.23. The summed E-state index contributed by atoms with van der Waals surface area (Å²) in [5.41, 5.74) is 2.54. The molecule has 3 rings (SSSR count). The first kappa shape index (κ1) is 15.7. The van der Waals surface area contributed by atoms with Crippen molar-refractivity contribution in [1.82, 2.24) is 9.55 Å². The van der Waals surface area contributed by atoms with E-state index in [1.165, 1.54) is 18.4 Å². The molecule has 0 fully saturated rings. The van der Waals surface area contributed by atoms with Crippen LogP contribution in [0, 0.1) is 6.92 Å². The molecule has 0 saturated heterocycles. The third kappa shape index (κ3) is 3.13. The van der Waals surface area contributed by atoms with Gasteiger partial charge in [-0.15, -0.1) is 0 Å². The van der Waals surface area contributed by atoms with Gasteiger partial charge in [-0.05, 0) is 36.8 Å². The molecule has 0 aliphatic rings. The van der Waals surface area contributed by atoms with E-state index in [1.807, 2.05) is 35.8 Å². The van der Waals surface area contributed by atoms with Crippen molar-refractivity contribution in [2.24, 2.45) is 0 Å². The molecule has 3 aromatic rings. The zero-order valence-electron chi connectivity index (χ0n) is 13.0. The number of aliphatic hydroxyl groups is 1. The predicted molar refractivity (Wildman–Crippen MR) is 89.0 cm³/mol. The molecular formula is C17H18N2O3S. The number of aryl methyl sites for hydroxylation is 1. The molecular weight excluding hydrogens is 312 g/mol. The number of hydrogen-bond acceptors (Lipinski definition) is 4. The highest BCUT2D eigenvalue weighted by molar-refractivity contribution is 7.90. The highest BCUT2D eigenvalue weighted by Gasteiger charge is 2.14. The summed E-state index contributed by atoms with van der Waals surface area (Å²) in [5.74, 6) is 0.831. The average Bonchev–Trinajstić information content (AvgIpc) is 2.82. The first-order valence-electron chi connectivity index (χ1n) is 7.26. The SMILES string of the molecule is Cc1nc2ccccc2n1CC(O)c1ccc(S(C)(=O)=O)cc1. The Bertz CT molecular complexity index is 944. The van der Waals surface area contributed by atoms with E-state index in [2.05, 4.69) is 4.98 Å². The Hall–Kier alpha value is -2.18. The number of aromatic nitrogens is 2. The van der Waals surface area contributed by atoms with Crippen LogP contribution in [-0.2, 0) is 16.4 Å². The first-order chi connectivity index (χ1) is 10.9. The predicted octanol–water partition coefficient (Wildman–Crippen LogP) is 2.48. The van der Waals surface area contributed by atoms with E-state index in [9.17, 15) is 13.5 Å². The fourth-order valence-electron chi connectivity index (χ4n) is 2.64. The number of hydrogen-bond donors (Lipinski definition) is 1. The van der Waals surface area contributed by atoms with Crippen LogP contribution in [0.25, 0.3) is 11.0 Å².